The largest absolute Gasteiger partial charge is 0.465 e. The molecule has 1 rings (SSSR count). The molecule has 18 heavy (non-hydrogen) atoms. The van der Waals surface area contributed by atoms with E-state index in [4.69, 9.17) is 6.42 Å². The highest BCUT2D eigenvalue weighted by atomic mass is 16.6. The van der Waals surface area contributed by atoms with Crippen molar-refractivity contribution in [2.24, 2.45) is 0 Å². The van der Waals surface area contributed by atoms with Crippen molar-refractivity contribution < 1.29 is 14.5 Å². The van der Waals surface area contributed by atoms with Gasteiger partial charge in [0.1, 0.15) is 5.69 Å². The molecule has 6 heteroatoms. The molecular formula is C12H12N2O4. The van der Waals surface area contributed by atoms with Crippen LogP contribution in [0.3, 0.4) is 0 Å². The molecule has 94 valence electrons. The highest BCUT2D eigenvalue weighted by Gasteiger charge is 2.17. The molecule has 1 N–H and O–H groups in total. The Labute approximate surface area is 104 Å². The van der Waals surface area contributed by atoms with Crippen LogP contribution < -0.4 is 5.32 Å². The number of carbonyl (C=O) groups is 1. The summed E-state index contributed by atoms with van der Waals surface area (Å²) >= 11 is 0. The molecular weight excluding hydrogens is 236 g/mol. The summed E-state index contributed by atoms with van der Waals surface area (Å²) in [5, 5.41) is 13.6. The van der Waals surface area contributed by atoms with Crippen molar-refractivity contribution in [1.29, 1.82) is 0 Å². The second-order valence-electron chi connectivity index (χ2n) is 3.51. The molecule has 0 saturated carbocycles. The van der Waals surface area contributed by atoms with Crippen LogP contribution in [0.25, 0.3) is 0 Å². The van der Waals surface area contributed by atoms with Crippen molar-refractivity contribution in [2.45, 2.75) is 13.0 Å². The van der Waals surface area contributed by atoms with Crippen LogP contribution in [-0.2, 0) is 4.74 Å². The summed E-state index contributed by atoms with van der Waals surface area (Å²) in [6, 6.07) is 3.52. The Bertz CT molecular complexity index is 519. The van der Waals surface area contributed by atoms with Gasteiger partial charge in [-0.1, -0.05) is 5.92 Å². The van der Waals surface area contributed by atoms with Gasteiger partial charge in [0.15, 0.2) is 0 Å². The normalized spacial score (nSPS) is 11.2. The number of hydrogen-bond acceptors (Lipinski definition) is 5. The Morgan fingerprint density at radius 1 is 1.61 bits per heavy atom. The number of methoxy groups -OCH3 is 1. The Balaban J connectivity index is 3.20. The molecule has 0 aliphatic heterocycles. The Morgan fingerprint density at radius 3 is 2.78 bits per heavy atom. The number of terminal acetylenes is 1. The lowest BCUT2D eigenvalue weighted by atomic mass is 10.1. The van der Waals surface area contributed by atoms with Gasteiger partial charge in [-0.15, -0.1) is 6.42 Å². The fraction of sp³-hybridized carbons (Fsp3) is 0.250. The number of carbonyl (C=O) groups excluding carboxylic acids is 1. The average molecular weight is 248 g/mol. The zero-order valence-electron chi connectivity index (χ0n) is 9.97. The van der Waals surface area contributed by atoms with Gasteiger partial charge in [0.2, 0.25) is 0 Å². The molecule has 0 spiro atoms. The number of nitrogens with one attached hydrogen (secondary N) is 1. The van der Waals surface area contributed by atoms with E-state index in [1.807, 2.05) is 0 Å². The summed E-state index contributed by atoms with van der Waals surface area (Å²) in [6.45, 7) is 1.68. The van der Waals surface area contributed by atoms with E-state index in [2.05, 4.69) is 16.0 Å². The third kappa shape index (κ3) is 2.98. The topological polar surface area (TPSA) is 81.5 Å². The molecule has 0 radical (unpaired) electrons. The minimum atomic E-state index is -0.568. The number of benzene rings is 1. The number of nitro benzene ring substituents is 1. The van der Waals surface area contributed by atoms with Crippen molar-refractivity contribution in [3.63, 3.8) is 0 Å². The minimum absolute atomic E-state index is 0.148. The number of nitro groups is 1. The first-order valence-corrected chi connectivity index (χ1v) is 5.09. The molecule has 1 unspecified atom stereocenters. The second kappa shape index (κ2) is 5.68. The molecule has 6 nitrogen and oxygen atoms in total. The van der Waals surface area contributed by atoms with Gasteiger partial charge < -0.3 is 10.1 Å². The fourth-order valence-electron chi connectivity index (χ4n) is 1.33. The zero-order chi connectivity index (χ0) is 13.7. The van der Waals surface area contributed by atoms with Crippen molar-refractivity contribution >= 4 is 17.3 Å². The molecule has 0 aliphatic rings. The first kappa shape index (κ1) is 13.5. The molecule has 1 aromatic carbocycles. The number of anilines is 1. The Morgan fingerprint density at radius 2 is 2.28 bits per heavy atom. The smallest absolute Gasteiger partial charge is 0.337 e. The molecule has 0 fully saturated rings. The summed E-state index contributed by atoms with van der Waals surface area (Å²) in [5.41, 5.74) is 0.257. The van der Waals surface area contributed by atoms with Crippen LogP contribution in [0.2, 0.25) is 0 Å². The summed E-state index contributed by atoms with van der Waals surface area (Å²) < 4.78 is 4.55. The van der Waals surface area contributed by atoms with Gasteiger partial charge in [-0.3, -0.25) is 10.1 Å². The lowest BCUT2D eigenvalue weighted by molar-refractivity contribution is -0.384. The first-order chi connectivity index (χ1) is 8.49. The van der Waals surface area contributed by atoms with Gasteiger partial charge >= 0.3 is 5.97 Å². The molecule has 0 heterocycles. The van der Waals surface area contributed by atoms with Crippen molar-refractivity contribution in [3.8, 4) is 12.3 Å². The van der Waals surface area contributed by atoms with E-state index in [0.29, 0.717) is 0 Å². The molecule has 0 aromatic heterocycles. The Hall–Kier alpha value is -2.55. The van der Waals surface area contributed by atoms with E-state index < -0.39 is 16.9 Å². The summed E-state index contributed by atoms with van der Waals surface area (Å²) in [5.74, 6) is 1.82. The predicted octanol–water partition coefficient (Wildman–Crippen LogP) is 1.81. The van der Waals surface area contributed by atoms with Gasteiger partial charge in [0, 0.05) is 6.07 Å². The van der Waals surface area contributed by atoms with Crippen molar-refractivity contribution in [2.75, 3.05) is 12.4 Å². The Kier molecular flexibility index (Phi) is 4.27. The number of hydrogen-bond donors (Lipinski definition) is 1. The van der Waals surface area contributed by atoms with E-state index in [1.54, 1.807) is 6.92 Å². The van der Waals surface area contributed by atoms with Crippen molar-refractivity contribution in [1.82, 2.24) is 0 Å². The van der Waals surface area contributed by atoms with Gasteiger partial charge in [0.25, 0.3) is 5.69 Å². The molecule has 0 saturated heterocycles. The maximum absolute atomic E-state index is 11.3. The van der Waals surface area contributed by atoms with Crippen molar-refractivity contribution in [3.05, 3.63) is 33.9 Å². The van der Waals surface area contributed by atoms with Gasteiger partial charge in [-0.2, -0.15) is 0 Å². The van der Waals surface area contributed by atoms with Crippen LogP contribution in [0.1, 0.15) is 17.3 Å². The van der Waals surface area contributed by atoms with Crippen LogP contribution in [0.15, 0.2) is 18.2 Å². The highest BCUT2D eigenvalue weighted by molar-refractivity contribution is 5.91. The quantitative estimate of drug-likeness (QED) is 0.380. The van der Waals surface area contributed by atoms with E-state index >= 15 is 0 Å². The summed E-state index contributed by atoms with van der Waals surface area (Å²) in [6.07, 6.45) is 5.20. The average Bonchev–Trinajstić information content (AvgIpc) is 2.37. The second-order valence-corrected chi connectivity index (χ2v) is 3.51. The number of rotatable bonds is 4. The van der Waals surface area contributed by atoms with Gasteiger partial charge in [0.05, 0.1) is 23.6 Å². The molecule has 1 aromatic rings. The number of ether oxygens (including phenoxy) is 1. The van der Waals surface area contributed by atoms with Crippen LogP contribution in [0.4, 0.5) is 11.4 Å². The lowest BCUT2D eigenvalue weighted by Crippen LogP contribution is -2.14. The van der Waals surface area contributed by atoms with Crippen LogP contribution in [0, 0.1) is 22.5 Å². The van der Waals surface area contributed by atoms with E-state index in [1.165, 1.54) is 25.3 Å². The maximum Gasteiger partial charge on any atom is 0.337 e. The minimum Gasteiger partial charge on any atom is -0.465 e. The third-order valence-corrected chi connectivity index (χ3v) is 2.24. The van der Waals surface area contributed by atoms with E-state index in [0.717, 1.165) is 0 Å². The zero-order valence-corrected chi connectivity index (χ0v) is 9.97. The maximum atomic E-state index is 11.3. The van der Waals surface area contributed by atoms with Crippen LogP contribution in [0.5, 0.6) is 0 Å². The fourth-order valence-corrected chi connectivity index (χ4v) is 1.33. The number of esters is 1. The van der Waals surface area contributed by atoms with Crippen LogP contribution >= 0.6 is 0 Å². The molecule has 1 atom stereocenters. The van der Waals surface area contributed by atoms with Gasteiger partial charge in [-0.05, 0) is 19.1 Å². The summed E-state index contributed by atoms with van der Waals surface area (Å²) in [4.78, 5) is 21.6. The number of nitrogens with zero attached hydrogens (tertiary/aromatic N) is 1. The van der Waals surface area contributed by atoms with Gasteiger partial charge in [-0.25, -0.2) is 4.79 Å². The molecule has 0 aliphatic carbocycles. The van der Waals surface area contributed by atoms with E-state index in [-0.39, 0.29) is 16.9 Å². The van der Waals surface area contributed by atoms with Crippen LogP contribution in [-0.4, -0.2) is 24.0 Å². The first-order valence-electron chi connectivity index (χ1n) is 5.09. The summed E-state index contributed by atoms with van der Waals surface area (Å²) in [7, 11) is 1.24. The molecule has 0 amide bonds. The standard InChI is InChI=1S/C12H12N2O4/c1-4-8(2)13-10-7-9(12(15)18-3)5-6-11(10)14(16)17/h1,5-8,13H,2-3H3. The SMILES string of the molecule is C#CC(C)Nc1cc(C(=O)OC)ccc1[N+](=O)[O-]. The highest BCUT2D eigenvalue weighted by Crippen LogP contribution is 2.26. The third-order valence-electron chi connectivity index (χ3n) is 2.24. The van der Waals surface area contributed by atoms with E-state index in [9.17, 15) is 14.9 Å². The monoisotopic (exact) mass is 248 g/mol. The molecule has 0 bridgehead atoms. The predicted molar refractivity (Wildman–Crippen MR) is 66.4 cm³/mol. The lowest BCUT2D eigenvalue weighted by Gasteiger charge is -2.10.